The van der Waals surface area contributed by atoms with Crippen molar-refractivity contribution in [2.24, 2.45) is 0 Å². The Bertz CT molecular complexity index is 575. The molecule has 1 aliphatic rings. The molecule has 1 heterocycles. The maximum atomic E-state index is 13.2. The topological polar surface area (TPSA) is 66.5 Å². The number of carbonyl (C=O) groups excluding carboxylic acids is 1. The van der Waals surface area contributed by atoms with Crippen LogP contribution >= 0.6 is 0 Å². The molecule has 1 aromatic rings. The van der Waals surface area contributed by atoms with Crippen LogP contribution in [0.3, 0.4) is 0 Å². The number of aryl methyl sites for hydroxylation is 1. The first-order valence-electron chi connectivity index (χ1n) is 5.98. The van der Waals surface area contributed by atoms with E-state index < -0.39 is 21.9 Å². The highest BCUT2D eigenvalue weighted by Crippen LogP contribution is 2.13. The first-order chi connectivity index (χ1) is 8.88. The fraction of sp³-hybridized carbons (Fsp3) is 0.417. The maximum Gasteiger partial charge on any atom is 0.304 e. The summed E-state index contributed by atoms with van der Waals surface area (Å²) in [4.78, 5) is 11.8. The van der Waals surface area contributed by atoms with Gasteiger partial charge in [-0.25, -0.2) is 9.11 Å². The number of carbonyl (C=O) groups is 1. The Kier molecular flexibility index (Phi) is 3.86. The van der Waals surface area contributed by atoms with Crippen LogP contribution in [0.15, 0.2) is 18.2 Å². The Balaban J connectivity index is 2.16. The number of hydrogen-bond donors (Lipinski definition) is 1. The van der Waals surface area contributed by atoms with Gasteiger partial charge in [0, 0.05) is 18.7 Å². The summed E-state index contributed by atoms with van der Waals surface area (Å²) < 4.78 is 40.1. The van der Waals surface area contributed by atoms with Crippen LogP contribution in [0.1, 0.15) is 28.8 Å². The van der Waals surface area contributed by atoms with E-state index in [9.17, 15) is 17.6 Å². The lowest BCUT2D eigenvalue weighted by Crippen LogP contribution is -2.42. The Morgan fingerprint density at radius 1 is 1.26 bits per heavy atom. The Hall–Kier alpha value is -1.47. The van der Waals surface area contributed by atoms with Gasteiger partial charge in [-0.05, 0) is 43.5 Å². The number of rotatable bonds is 3. The van der Waals surface area contributed by atoms with Crippen LogP contribution in [-0.2, 0) is 10.2 Å². The minimum atomic E-state index is -3.82. The van der Waals surface area contributed by atoms with E-state index in [0.717, 1.165) is 18.9 Å². The molecule has 0 unspecified atom stereocenters. The standard InChI is InChI=1S/C12H15FN2O3S/c1-9-6-10(8-11(13)7-9)12(16)14-19(17,18)15-4-2-3-5-15/h6-8H,2-5H2,1H3,(H,14,16). The van der Waals surface area contributed by atoms with Gasteiger partial charge in [-0.1, -0.05) is 0 Å². The van der Waals surface area contributed by atoms with Crippen molar-refractivity contribution in [2.45, 2.75) is 19.8 Å². The van der Waals surface area contributed by atoms with Crippen LogP contribution in [0.25, 0.3) is 0 Å². The first kappa shape index (κ1) is 14.0. The van der Waals surface area contributed by atoms with Gasteiger partial charge in [0.05, 0.1) is 0 Å². The molecule has 19 heavy (non-hydrogen) atoms. The average Bonchev–Trinajstić information content (AvgIpc) is 2.80. The molecule has 5 nitrogen and oxygen atoms in total. The lowest BCUT2D eigenvalue weighted by Gasteiger charge is -2.16. The third kappa shape index (κ3) is 3.30. The van der Waals surface area contributed by atoms with Gasteiger partial charge in [0.15, 0.2) is 0 Å². The number of nitrogens with one attached hydrogen (secondary N) is 1. The summed E-state index contributed by atoms with van der Waals surface area (Å²) in [6, 6.07) is 3.73. The van der Waals surface area contributed by atoms with Crippen LogP contribution in [-0.4, -0.2) is 31.7 Å². The molecule has 0 bridgehead atoms. The molecule has 0 atom stereocenters. The third-order valence-electron chi connectivity index (χ3n) is 2.93. The maximum absolute atomic E-state index is 13.2. The second kappa shape index (κ2) is 5.26. The molecular weight excluding hydrogens is 271 g/mol. The van der Waals surface area contributed by atoms with Crippen molar-refractivity contribution in [1.82, 2.24) is 9.03 Å². The minimum Gasteiger partial charge on any atom is -0.268 e. The van der Waals surface area contributed by atoms with Gasteiger partial charge in [0.25, 0.3) is 5.91 Å². The number of hydrogen-bond acceptors (Lipinski definition) is 3. The number of nitrogens with zero attached hydrogens (tertiary/aromatic N) is 1. The molecule has 0 spiro atoms. The molecule has 7 heteroatoms. The zero-order chi connectivity index (χ0) is 14.0. The third-order valence-corrected chi connectivity index (χ3v) is 4.42. The van der Waals surface area contributed by atoms with E-state index in [0.29, 0.717) is 18.7 Å². The Labute approximate surface area is 111 Å². The molecular formula is C12H15FN2O3S. The van der Waals surface area contributed by atoms with Crippen LogP contribution in [0.5, 0.6) is 0 Å². The normalized spacial score (nSPS) is 16.5. The van der Waals surface area contributed by atoms with Crippen molar-refractivity contribution in [3.63, 3.8) is 0 Å². The second-order valence-corrected chi connectivity index (χ2v) is 6.23. The Morgan fingerprint density at radius 3 is 2.47 bits per heavy atom. The molecule has 1 saturated heterocycles. The molecule has 1 aliphatic heterocycles. The van der Waals surface area contributed by atoms with Crippen LogP contribution in [0.2, 0.25) is 0 Å². The van der Waals surface area contributed by atoms with E-state index in [2.05, 4.69) is 0 Å². The van der Waals surface area contributed by atoms with Crippen molar-refractivity contribution in [2.75, 3.05) is 13.1 Å². The number of amides is 1. The quantitative estimate of drug-likeness (QED) is 0.908. The fourth-order valence-corrected chi connectivity index (χ4v) is 3.26. The largest absolute Gasteiger partial charge is 0.304 e. The van der Waals surface area contributed by atoms with Crippen LogP contribution < -0.4 is 4.72 Å². The predicted octanol–water partition coefficient (Wildman–Crippen LogP) is 1.20. The molecule has 0 radical (unpaired) electrons. The smallest absolute Gasteiger partial charge is 0.268 e. The number of halogens is 1. The molecule has 104 valence electrons. The van der Waals surface area contributed by atoms with Crippen LogP contribution in [0, 0.1) is 12.7 Å². The van der Waals surface area contributed by atoms with Gasteiger partial charge in [0.2, 0.25) is 0 Å². The zero-order valence-electron chi connectivity index (χ0n) is 10.5. The first-order valence-corrected chi connectivity index (χ1v) is 7.42. The van der Waals surface area contributed by atoms with E-state index in [1.807, 2.05) is 4.72 Å². The predicted molar refractivity (Wildman–Crippen MR) is 68.3 cm³/mol. The van der Waals surface area contributed by atoms with E-state index in [4.69, 9.17) is 0 Å². The fourth-order valence-electron chi connectivity index (χ4n) is 2.04. The minimum absolute atomic E-state index is 0.000252. The molecule has 0 aliphatic carbocycles. The average molecular weight is 286 g/mol. The molecule has 1 aromatic carbocycles. The lowest BCUT2D eigenvalue weighted by atomic mass is 10.1. The monoisotopic (exact) mass is 286 g/mol. The van der Waals surface area contributed by atoms with E-state index >= 15 is 0 Å². The lowest BCUT2D eigenvalue weighted by molar-refractivity contribution is 0.0979. The summed E-state index contributed by atoms with van der Waals surface area (Å²) >= 11 is 0. The van der Waals surface area contributed by atoms with Crippen LogP contribution in [0.4, 0.5) is 4.39 Å². The highest BCUT2D eigenvalue weighted by Gasteiger charge is 2.27. The summed E-state index contributed by atoms with van der Waals surface area (Å²) in [7, 11) is -3.82. The van der Waals surface area contributed by atoms with Crippen molar-refractivity contribution < 1.29 is 17.6 Å². The molecule has 1 N–H and O–H groups in total. The van der Waals surface area contributed by atoms with Gasteiger partial charge in [0.1, 0.15) is 5.82 Å². The van der Waals surface area contributed by atoms with Crippen molar-refractivity contribution in [1.29, 1.82) is 0 Å². The van der Waals surface area contributed by atoms with Gasteiger partial charge in [-0.2, -0.15) is 12.7 Å². The number of benzene rings is 1. The summed E-state index contributed by atoms with van der Waals surface area (Å²) in [6.45, 7) is 2.45. The molecule has 0 saturated carbocycles. The van der Waals surface area contributed by atoms with E-state index in [1.54, 1.807) is 6.92 Å². The van der Waals surface area contributed by atoms with E-state index in [-0.39, 0.29) is 5.56 Å². The second-order valence-electron chi connectivity index (χ2n) is 4.56. The highest BCUT2D eigenvalue weighted by atomic mass is 32.2. The summed E-state index contributed by atoms with van der Waals surface area (Å²) in [5.74, 6) is -1.38. The Morgan fingerprint density at radius 2 is 1.89 bits per heavy atom. The summed E-state index contributed by atoms with van der Waals surface area (Å²) in [5.41, 5.74) is 0.559. The molecule has 1 amide bonds. The van der Waals surface area contributed by atoms with Gasteiger partial charge in [-0.3, -0.25) is 4.79 Å². The SMILES string of the molecule is Cc1cc(F)cc(C(=O)NS(=O)(=O)N2CCCC2)c1. The summed E-state index contributed by atoms with van der Waals surface area (Å²) in [6.07, 6.45) is 1.57. The zero-order valence-corrected chi connectivity index (χ0v) is 11.3. The molecule has 2 rings (SSSR count). The van der Waals surface area contributed by atoms with Gasteiger partial charge in [-0.15, -0.1) is 0 Å². The van der Waals surface area contributed by atoms with Crippen molar-refractivity contribution in [3.8, 4) is 0 Å². The van der Waals surface area contributed by atoms with E-state index in [1.165, 1.54) is 16.4 Å². The molecule has 0 aromatic heterocycles. The van der Waals surface area contributed by atoms with Crippen molar-refractivity contribution >= 4 is 16.1 Å². The molecule has 1 fully saturated rings. The summed E-state index contributed by atoms with van der Waals surface area (Å²) in [5, 5.41) is 0. The van der Waals surface area contributed by atoms with Gasteiger partial charge >= 0.3 is 10.2 Å². The van der Waals surface area contributed by atoms with Crippen molar-refractivity contribution in [3.05, 3.63) is 35.1 Å². The van der Waals surface area contributed by atoms with Gasteiger partial charge < -0.3 is 0 Å². The highest BCUT2D eigenvalue weighted by molar-refractivity contribution is 7.87.